The van der Waals surface area contributed by atoms with Crippen LogP contribution in [0.3, 0.4) is 0 Å². The minimum Gasteiger partial charge on any atom is -0.473 e. The number of halogens is 3. The largest absolute Gasteiger partial charge is 0.473 e. The number of ether oxygens (including phenoxy) is 2. The highest BCUT2D eigenvalue weighted by Crippen LogP contribution is 2.28. The van der Waals surface area contributed by atoms with Crippen molar-refractivity contribution in [3.63, 3.8) is 0 Å². The maximum atomic E-state index is 14.7. The fraction of sp³-hybridized carbons (Fsp3) is 0.263. The molecule has 0 saturated carbocycles. The first kappa shape index (κ1) is 33.0. The molecule has 1 amide bonds. The van der Waals surface area contributed by atoms with Crippen LogP contribution in [0.25, 0.3) is 27.5 Å². The summed E-state index contributed by atoms with van der Waals surface area (Å²) in [4.78, 5) is 25.2. The lowest BCUT2D eigenvalue weighted by atomic mass is 10.0. The van der Waals surface area contributed by atoms with Crippen LogP contribution in [-0.4, -0.2) is 61.3 Å². The van der Waals surface area contributed by atoms with Crippen LogP contribution in [0.5, 0.6) is 5.88 Å². The average molecular weight is 710 g/mol. The summed E-state index contributed by atoms with van der Waals surface area (Å²) in [6, 6.07) is 18.6. The maximum absolute atomic E-state index is 14.7. The molecular formula is C38H34ClF2N7O3. The van der Waals surface area contributed by atoms with Gasteiger partial charge in [0.1, 0.15) is 29.6 Å². The fourth-order valence-electron chi connectivity index (χ4n) is 6.51. The molecule has 2 aliphatic heterocycles. The van der Waals surface area contributed by atoms with Gasteiger partial charge in [0.25, 0.3) is 5.91 Å². The van der Waals surface area contributed by atoms with Crippen molar-refractivity contribution >= 4 is 50.7 Å². The normalized spacial score (nSPS) is 16.3. The maximum Gasteiger partial charge on any atom is 0.255 e. The van der Waals surface area contributed by atoms with E-state index in [0.717, 1.165) is 54.1 Å². The van der Waals surface area contributed by atoms with Gasteiger partial charge in [0.05, 0.1) is 41.6 Å². The van der Waals surface area contributed by atoms with Crippen molar-refractivity contribution in [2.75, 3.05) is 25.0 Å². The summed E-state index contributed by atoms with van der Waals surface area (Å²) in [6.07, 6.45) is 4.08. The van der Waals surface area contributed by atoms with Crippen molar-refractivity contribution in [1.29, 1.82) is 0 Å². The molecule has 5 heterocycles. The fourth-order valence-corrected chi connectivity index (χ4v) is 6.66. The monoisotopic (exact) mass is 709 g/mol. The zero-order valence-electron chi connectivity index (χ0n) is 27.8. The minimum absolute atomic E-state index is 0.0506. The van der Waals surface area contributed by atoms with E-state index in [1.54, 1.807) is 31.2 Å². The lowest BCUT2D eigenvalue weighted by Gasteiger charge is -2.29. The predicted octanol–water partition coefficient (Wildman–Crippen LogP) is 7.46. The van der Waals surface area contributed by atoms with Crippen LogP contribution in [0.2, 0.25) is 5.02 Å². The van der Waals surface area contributed by atoms with Crippen molar-refractivity contribution in [2.45, 2.75) is 45.6 Å². The zero-order chi connectivity index (χ0) is 35.1. The van der Waals surface area contributed by atoms with Crippen molar-refractivity contribution in [1.82, 2.24) is 29.6 Å². The third kappa shape index (κ3) is 6.94. The number of amides is 1. The lowest BCUT2D eigenvalue weighted by molar-refractivity contribution is -0.0591. The van der Waals surface area contributed by atoms with E-state index in [4.69, 9.17) is 26.1 Å². The van der Waals surface area contributed by atoms with Gasteiger partial charge in [-0.15, -0.1) is 0 Å². The van der Waals surface area contributed by atoms with E-state index in [0.29, 0.717) is 52.9 Å². The Morgan fingerprint density at radius 2 is 1.98 bits per heavy atom. The molecule has 0 aliphatic carbocycles. The Hall–Kier alpha value is -5.17. The van der Waals surface area contributed by atoms with Gasteiger partial charge in [0.2, 0.25) is 5.88 Å². The first-order chi connectivity index (χ1) is 24.8. The number of aryl methyl sites for hydroxylation is 1. The van der Waals surface area contributed by atoms with Crippen molar-refractivity contribution in [3.8, 4) is 5.88 Å². The van der Waals surface area contributed by atoms with E-state index < -0.39 is 17.5 Å². The molecule has 1 atom stereocenters. The number of nitrogens with one attached hydrogen (secondary N) is 2. The Bertz CT molecular complexity index is 2320. The number of rotatable bonds is 10. The van der Waals surface area contributed by atoms with Crippen LogP contribution in [0, 0.1) is 18.6 Å². The highest BCUT2D eigenvalue weighted by molar-refractivity contribution is 6.30. The van der Waals surface area contributed by atoms with Gasteiger partial charge in [0, 0.05) is 53.0 Å². The molecule has 1 saturated heterocycles. The lowest BCUT2D eigenvalue weighted by Crippen LogP contribution is -2.33. The van der Waals surface area contributed by atoms with Crippen molar-refractivity contribution in [3.05, 3.63) is 118 Å². The number of hydrogen-bond donors (Lipinski definition) is 2. The number of imidazole rings is 1. The zero-order valence-corrected chi connectivity index (χ0v) is 28.5. The molecular weight excluding hydrogens is 676 g/mol. The van der Waals surface area contributed by atoms with E-state index in [2.05, 4.69) is 36.0 Å². The average Bonchev–Trinajstić information content (AvgIpc) is 3.65. The first-order valence-electron chi connectivity index (χ1n) is 16.8. The molecule has 8 rings (SSSR count). The van der Waals surface area contributed by atoms with E-state index in [1.807, 2.05) is 30.3 Å². The Morgan fingerprint density at radius 3 is 2.76 bits per heavy atom. The van der Waals surface area contributed by atoms with E-state index in [9.17, 15) is 13.6 Å². The second kappa shape index (κ2) is 13.9. The summed E-state index contributed by atoms with van der Waals surface area (Å²) in [5.74, 6) is -0.0314. The third-order valence-corrected chi connectivity index (χ3v) is 9.68. The number of aromatic amines is 1. The molecule has 10 nitrogen and oxygen atoms in total. The molecule has 0 radical (unpaired) electrons. The molecule has 6 aromatic rings. The van der Waals surface area contributed by atoms with Crippen LogP contribution in [0.4, 0.5) is 14.5 Å². The number of benzene rings is 3. The molecule has 3 aromatic carbocycles. The topological polar surface area (TPSA) is 110 Å². The summed E-state index contributed by atoms with van der Waals surface area (Å²) in [6.45, 7) is 5.39. The SMILES string of the molecule is Cc1n[nH]c2c(F)cc(C(=O)Nc3ccc4c(c3)nc(CN3CC=C(c5cccc(OCc6ccc(Cl)cc6F)n5)CC3)n4C[C@@H]3CCO3)cc12. The summed E-state index contributed by atoms with van der Waals surface area (Å²) in [5.41, 5.74) is 5.73. The summed E-state index contributed by atoms with van der Waals surface area (Å²) in [7, 11) is 0. The number of nitrogens with zero attached hydrogens (tertiary/aromatic N) is 5. The molecule has 0 spiro atoms. The van der Waals surface area contributed by atoms with Crippen LogP contribution in [-0.2, 0) is 24.4 Å². The molecule has 3 aromatic heterocycles. The molecule has 0 unspecified atom stereocenters. The molecule has 0 bridgehead atoms. The van der Waals surface area contributed by atoms with Gasteiger partial charge in [-0.1, -0.05) is 29.8 Å². The number of hydrogen-bond acceptors (Lipinski definition) is 7. The first-order valence-corrected chi connectivity index (χ1v) is 17.2. The van der Waals surface area contributed by atoms with E-state index in [-0.39, 0.29) is 23.8 Å². The molecule has 260 valence electrons. The van der Waals surface area contributed by atoms with Crippen LogP contribution >= 0.6 is 11.6 Å². The second-order valence-corrected chi connectivity index (χ2v) is 13.3. The van der Waals surface area contributed by atoms with Crippen molar-refractivity contribution < 1.29 is 23.0 Å². The third-order valence-electron chi connectivity index (χ3n) is 9.44. The summed E-state index contributed by atoms with van der Waals surface area (Å²) >= 11 is 5.87. The Labute approximate surface area is 297 Å². The highest BCUT2D eigenvalue weighted by Gasteiger charge is 2.24. The van der Waals surface area contributed by atoms with Crippen LogP contribution in [0.1, 0.15) is 46.0 Å². The number of aromatic nitrogens is 5. The van der Waals surface area contributed by atoms with Gasteiger partial charge >= 0.3 is 0 Å². The van der Waals surface area contributed by atoms with Gasteiger partial charge in [-0.2, -0.15) is 5.10 Å². The number of fused-ring (bicyclic) bond motifs is 2. The smallest absolute Gasteiger partial charge is 0.255 e. The molecule has 51 heavy (non-hydrogen) atoms. The highest BCUT2D eigenvalue weighted by atomic mass is 35.5. The minimum atomic E-state index is -0.531. The van der Waals surface area contributed by atoms with Gasteiger partial charge < -0.3 is 19.4 Å². The molecule has 2 aliphatic rings. The number of pyridine rings is 1. The Kier molecular flexibility index (Phi) is 8.97. The van der Waals surface area contributed by atoms with Gasteiger partial charge in [-0.3, -0.25) is 14.8 Å². The quantitative estimate of drug-likeness (QED) is 0.152. The van der Waals surface area contributed by atoms with Crippen LogP contribution < -0.4 is 10.1 Å². The second-order valence-electron chi connectivity index (χ2n) is 12.9. The molecule has 13 heteroatoms. The number of anilines is 1. The van der Waals surface area contributed by atoms with Crippen molar-refractivity contribution in [2.24, 2.45) is 0 Å². The van der Waals surface area contributed by atoms with Crippen LogP contribution in [0.15, 0.2) is 72.8 Å². The summed E-state index contributed by atoms with van der Waals surface area (Å²) in [5, 5.41) is 10.5. The number of H-pyrrole nitrogens is 1. The Morgan fingerprint density at radius 1 is 1.10 bits per heavy atom. The molecule has 2 N–H and O–H groups in total. The van der Waals surface area contributed by atoms with E-state index in [1.165, 1.54) is 12.1 Å². The Balaban J connectivity index is 0.968. The van der Waals surface area contributed by atoms with Gasteiger partial charge in [-0.25, -0.2) is 18.7 Å². The predicted molar refractivity (Wildman–Crippen MR) is 191 cm³/mol. The standard InChI is InChI=1S/C38H34ClF2N7O3/c1-22-29-15-25(16-31(41)37(29)46-45-22)38(49)42-27-7-8-34-33(18-27)43-35(48(34)19-28-11-14-50-28)20-47-12-9-23(10-13-47)32-3-2-4-36(44-32)51-21-24-5-6-26(39)17-30(24)40/h2-9,15-18,28H,10-14,19-21H2,1H3,(H,42,49)(H,45,46)/t28-/m0/s1. The van der Waals surface area contributed by atoms with Gasteiger partial charge in [0.15, 0.2) is 0 Å². The summed E-state index contributed by atoms with van der Waals surface area (Å²) < 4.78 is 42.7. The number of carbonyl (C=O) groups excluding carboxylic acids is 1. The van der Waals surface area contributed by atoms with Gasteiger partial charge in [-0.05, 0) is 73.9 Å². The van der Waals surface area contributed by atoms with E-state index >= 15 is 0 Å². The number of carbonyl (C=O) groups is 1. The molecule has 1 fully saturated rings.